The molecule has 3 rings (SSSR count). The second kappa shape index (κ2) is 6.23. The fourth-order valence-corrected chi connectivity index (χ4v) is 2.83. The minimum Gasteiger partial charge on any atom is -0.360 e. The lowest BCUT2D eigenvalue weighted by molar-refractivity contribution is 0.384. The third kappa shape index (κ3) is 2.99. The van der Waals surface area contributed by atoms with E-state index in [2.05, 4.69) is 34.5 Å². The van der Waals surface area contributed by atoms with Gasteiger partial charge in [-0.2, -0.15) is 0 Å². The van der Waals surface area contributed by atoms with Crippen LogP contribution in [0.4, 0.5) is 11.5 Å². The first-order chi connectivity index (χ1) is 10.7. The van der Waals surface area contributed by atoms with E-state index in [0.29, 0.717) is 0 Å². The highest BCUT2D eigenvalue weighted by Gasteiger charge is 2.14. The summed E-state index contributed by atoms with van der Waals surface area (Å²) in [4.78, 5) is 4.38. The smallest absolute Gasteiger partial charge is 0.147 e. The molecule has 22 heavy (non-hydrogen) atoms. The summed E-state index contributed by atoms with van der Waals surface area (Å²) in [5, 5.41) is 8.30. The fraction of sp³-hybridized carbons (Fsp3) is 0.176. The lowest BCUT2D eigenvalue weighted by Crippen LogP contribution is -1.94. The summed E-state index contributed by atoms with van der Waals surface area (Å²) >= 11 is 1.58. The Labute approximate surface area is 133 Å². The van der Waals surface area contributed by atoms with E-state index in [1.165, 1.54) is 5.56 Å². The Morgan fingerprint density at radius 3 is 2.59 bits per heavy atom. The summed E-state index contributed by atoms with van der Waals surface area (Å²) in [5.41, 5.74) is 4.33. The molecular formula is C17H17N3OS. The Kier molecular flexibility index (Phi) is 4.15. The van der Waals surface area contributed by atoms with Crippen LogP contribution in [0.2, 0.25) is 0 Å². The van der Waals surface area contributed by atoms with Crippen LogP contribution < -0.4 is 5.32 Å². The number of rotatable bonds is 4. The normalized spacial score (nSPS) is 10.7. The molecule has 0 spiro atoms. The van der Waals surface area contributed by atoms with Gasteiger partial charge in [-0.1, -0.05) is 22.9 Å². The van der Waals surface area contributed by atoms with Crippen LogP contribution in [0, 0.1) is 13.8 Å². The Hall–Kier alpha value is -2.27. The van der Waals surface area contributed by atoms with Gasteiger partial charge in [0.2, 0.25) is 0 Å². The molecule has 0 aliphatic rings. The quantitative estimate of drug-likeness (QED) is 0.700. The van der Waals surface area contributed by atoms with Gasteiger partial charge in [-0.25, -0.2) is 4.98 Å². The molecular weight excluding hydrogens is 294 g/mol. The minimum atomic E-state index is 0.800. The molecule has 112 valence electrons. The van der Waals surface area contributed by atoms with Crippen molar-refractivity contribution in [3.8, 4) is 11.1 Å². The summed E-state index contributed by atoms with van der Waals surface area (Å²) in [6.45, 7) is 4.00. The third-order valence-electron chi connectivity index (χ3n) is 3.40. The molecule has 1 N–H and O–H groups in total. The van der Waals surface area contributed by atoms with Gasteiger partial charge in [0.05, 0.1) is 5.56 Å². The van der Waals surface area contributed by atoms with Gasteiger partial charge in [0.15, 0.2) is 0 Å². The highest BCUT2D eigenvalue weighted by atomic mass is 32.2. The number of nitrogens with one attached hydrogen (secondary N) is 1. The van der Waals surface area contributed by atoms with E-state index >= 15 is 0 Å². The second-order valence-corrected chi connectivity index (χ2v) is 5.84. The summed E-state index contributed by atoms with van der Waals surface area (Å²) in [7, 11) is 0. The van der Waals surface area contributed by atoms with E-state index < -0.39 is 0 Å². The van der Waals surface area contributed by atoms with Crippen LogP contribution in [0.1, 0.15) is 11.3 Å². The molecule has 2 heterocycles. The van der Waals surface area contributed by atoms with E-state index in [0.717, 1.165) is 33.4 Å². The Balaban J connectivity index is 1.92. The number of hydrogen-bond donors (Lipinski definition) is 1. The Bertz CT molecular complexity index is 781. The molecule has 0 radical (unpaired) electrons. The van der Waals surface area contributed by atoms with Crippen molar-refractivity contribution in [2.24, 2.45) is 0 Å². The number of pyridine rings is 1. The van der Waals surface area contributed by atoms with Gasteiger partial charge in [-0.05, 0) is 49.9 Å². The van der Waals surface area contributed by atoms with Gasteiger partial charge in [0, 0.05) is 11.9 Å². The van der Waals surface area contributed by atoms with Crippen molar-refractivity contribution in [1.82, 2.24) is 10.1 Å². The maximum Gasteiger partial charge on any atom is 0.147 e. The number of thioether (sulfide) groups is 1. The standard InChI is InChI=1S/C17H17N3OS/c1-11-4-6-14(7-5-11)19-15-10-13(8-9-18-15)16-12(2)21-20-17(16)22-3/h4-10H,1-3H3,(H,18,19). The fourth-order valence-electron chi connectivity index (χ4n) is 2.26. The first-order valence-electron chi connectivity index (χ1n) is 6.98. The third-order valence-corrected chi connectivity index (χ3v) is 4.06. The van der Waals surface area contributed by atoms with Gasteiger partial charge < -0.3 is 9.84 Å². The van der Waals surface area contributed by atoms with Crippen LogP contribution in [0.15, 0.2) is 52.1 Å². The maximum atomic E-state index is 5.30. The molecule has 0 saturated carbocycles. The number of aromatic nitrogens is 2. The second-order valence-electron chi connectivity index (χ2n) is 5.04. The highest BCUT2D eigenvalue weighted by molar-refractivity contribution is 7.98. The molecule has 0 aliphatic heterocycles. The molecule has 4 nitrogen and oxygen atoms in total. The maximum absolute atomic E-state index is 5.30. The summed E-state index contributed by atoms with van der Waals surface area (Å²) < 4.78 is 5.30. The minimum absolute atomic E-state index is 0.800. The van der Waals surface area contributed by atoms with Crippen molar-refractivity contribution in [3.63, 3.8) is 0 Å². The zero-order valence-corrected chi connectivity index (χ0v) is 13.6. The molecule has 2 aromatic heterocycles. The SMILES string of the molecule is CSc1noc(C)c1-c1ccnc(Nc2ccc(C)cc2)c1. The van der Waals surface area contributed by atoms with Crippen LogP contribution in [0.25, 0.3) is 11.1 Å². The summed E-state index contributed by atoms with van der Waals surface area (Å²) in [6.07, 6.45) is 3.79. The van der Waals surface area contributed by atoms with Gasteiger partial charge in [-0.15, -0.1) is 11.8 Å². The van der Waals surface area contributed by atoms with Crippen LogP contribution in [-0.2, 0) is 0 Å². The van der Waals surface area contributed by atoms with Crippen LogP contribution in [-0.4, -0.2) is 16.4 Å². The topological polar surface area (TPSA) is 51.0 Å². The van der Waals surface area contributed by atoms with E-state index in [1.54, 1.807) is 18.0 Å². The van der Waals surface area contributed by atoms with Crippen molar-refractivity contribution in [2.75, 3.05) is 11.6 Å². The summed E-state index contributed by atoms with van der Waals surface area (Å²) in [6, 6.07) is 12.2. The zero-order chi connectivity index (χ0) is 15.5. The average molecular weight is 311 g/mol. The van der Waals surface area contributed by atoms with Crippen molar-refractivity contribution in [3.05, 3.63) is 53.9 Å². The van der Waals surface area contributed by atoms with E-state index in [4.69, 9.17) is 4.52 Å². The molecule has 0 aliphatic carbocycles. The van der Waals surface area contributed by atoms with E-state index in [-0.39, 0.29) is 0 Å². The first kappa shape index (κ1) is 14.7. The molecule has 1 aromatic carbocycles. The first-order valence-corrected chi connectivity index (χ1v) is 8.20. The predicted octanol–water partition coefficient (Wildman–Crippen LogP) is 4.82. The van der Waals surface area contributed by atoms with Crippen molar-refractivity contribution in [1.29, 1.82) is 0 Å². The van der Waals surface area contributed by atoms with Crippen LogP contribution in [0.3, 0.4) is 0 Å². The van der Waals surface area contributed by atoms with E-state index in [9.17, 15) is 0 Å². The molecule has 0 saturated heterocycles. The van der Waals surface area contributed by atoms with Gasteiger partial charge in [0.1, 0.15) is 16.6 Å². The predicted molar refractivity (Wildman–Crippen MR) is 90.7 cm³/mol. The number of hydrogen-bond acceptors (Lipinski definition) is 5. The molecule has 5 heteroatoms. The Morgan fingerprint density at radius 1 is 1.09 bits per heavy atom. The van der Waals surface area contributed by atoms with Crippen molar-refractivity contribution >= 4 is 23.3 Å². The van der Waals surface area contributed by atoms with Crippen molar-refractivity contribution < 1.29 is 4.52 Å². The molecule has 0 unspecified atom stereocenters. The largest absolute Gasteiger partial charge is 0.360 e. The van der Waals surface area contributed by atoms with Crippen LogP contribution >= 0.6 is 11.8 Å². The average Bonchev–Trinajstić information content (AvgIpc) is 2.91. The number of benzene rings is 1. The van der Waals surface area contributed by atoms with Crippen LogP contribution in [0.5, 0.6) is 0 Å². The molecule has 0 fully saturated rings. The molecule has 3 aromatic rings. The number of nitrogens with zero attached hydrogens (tertiary/aromatic N) is 2. The lowest BCUT2D eigenvalue weighted by atomic mass is 10.1. The van der Waals surface area contributed by atoms with Gasteiger partial charge >= 0.3 is 0 Å². The molecule has 0 amide bonds. The number of aryl methyl sites for hydroxylation is 2. The van der Waals surface area contributed by atoms with E-state index in [1.807, 2.05) is 37.4 Å². The molecule has 0 bridgehead atoms. The highest BCUT2D eigenvalue weighted by Crippen LogP contribution is 2.33. The number of anilines is 2. The Morgan fingerprint density at radius 2 is 1.86 bits per heavy atom. The summed E-state index contributed by atoms with van der Waals surface area (Å²) in [5.74, 6) is 1.62. The monoisotopic (exact) mass is 311 g/mol. The molecule has 0 atom stereocenters. The lowest BCUT2D eigenvalue weighted by Gasteiger charge is -2.08. The van der Waals surface area contributed by atoms with Gasteiger partial charge in [-0.3, -0.25) is 0 Å². The van der Waals surface area contributed by atoms with Gasteiger partial charge in [0.25, 0.3) is 0 Å². The zero-order valence-electron chi connectivity index (χ0n) is 12.8. The van der Waals surface area contributed by atoms with Crippen molar-refractivity contribution in [2.45, 2.75) is 18.9 Å².